The number of benzene rings is 1. The van der Waals surface area contributed by atoms with Crippen molar-refractivity contribution < 1.29 is 0 Å². The predicted octanol–water partition coefficient (Wildman–Crippen LogP) is 4.47. The summed E-state index contributed by atoms with van der Waals surface area (Å²) in [5.41, 5.74) is 3.90. The maximum Gasteiger partial charge on any atom is 0.262 e. The molecule has 2 aromatic heterocycles. The lowest BCUT2D eigenvalue weighted by Crippen LogP contribution is -2.20. The maximum atomic E-state index is 12.9. The first-order valence-corrected chi connectivity index (χ1v) is 10.1. The molecule has 5 heteroatoms. The van der Waals surface area contributed by atoms with Crippen molar-refractivity contribution in [3.05, 3.63) is 56.2 Å². The third-order valence-electron chi connectivity index (χ3n) is 4.64. The summed E-state index contributed by atoms with van der Waals surface area (Å²) in [4.78, 5) is 20.0. The molecule has 0 aliphatic heterocycles. The second kappa shape index (κ2) is 6.37. The molecule has 3 nitrogen and oxygen atoms in total. The standard InChI is InChI=1S/C19H20N2OS2/c1-12-7-9-13(10-8-12)11-23-19-20-17-16(18(22)21(19)2)14-5-3-4-6-15(14)24-17/h7-10H,3-6,11H2,1-2H3. The molecule has 1 aromatic carbocycles. The average Bonchev–Trinajstić information content (AvgIpc) is 2.96. The van der Waals surface area contributed by atoms with Crippen LogP contribution in [0.25, 0.3) is 10.2 Å². The average molecular weight is 357 g/mol. The number of fused-ring (bicyclic) bond motifs is 3. The molecule has 124 valence electrons. The Bertz CT molecular complexity index is 954. The summed E-state index contributed by atoms with van der Waals surface area (Å²) in [5.74, 6) is 0.831. The van der Waals surface area contributed by atoms with Crippen LogP contribution >= 0.6 is 23.1 Å². The van der Waals surface area contributed by atoms with E-state index >= 15 is 0 Å². The molecule has 0 bridgehead atoms. The van der Waals surface area contributed by atoms with Gasteiger partial charge in [0.2, 0.25) is 0 Å². The largest absolute Gasteiger partial charge is 0.290 e. The number of thiophene rings is 1. The topological polar surface area (TPSA) is 34.9 Å². The Hall–Kier alpha value is -1.59. The van der Waals surface area contributed by atoms with Crippen molar-refractivity contribution in [3.8, 4) is 0 Å². The lowest BCUT2D eigenvalue weighted by Gasteiger charge is -2.11. The summed E-state index contributed by atoms with van der Waals surface area (Å²) in [6.07, 6.45) is 4.55. The number of aryl methyl sites for hydroxylation is 3. The molecule has 3 aromatic rings. The first-order chi connectivity index (χ1) is 11.6. The van der Waals surface area contributed by atoms with Crippen LogP contribution in [0.3, 0.4) is 0 Å². The first-order valence-electron chi connectivity index (χ1n) is 8.33. The third kappa shape index (κ3) is 2.80. The van der Waals surface area contributed by atoms with Crippen LogP contribution in [0, 0.1) is 6.92 Å². The second-order valence-corrected chi connectivity index (χ2v) is 8.45. The predicted molar refractivity (Wildman–Crippen MR) is 102 cm³/mol. The molecule has 0 spiro atoms. The zero-order valence-corrected chi connectivity index (χ0v) is 15.6. The van der Waals surface area contributed by atoms with Crippen LogP contribution in [-0.2, 0) is 25.6 Å². The Balaban J connectivity index is 1.70. The van der Waals surface area contributed by atoms with Gasteiger partial charge in [-0.15, -0.1) is 11.3 Å². The van der Waals surface area contributed by atoms with E-state index in [4.69, 9.17) is 4.98 Å². The number of nitrogens with zero attached hydrogens (tertiary/aromatic N) is 2. The molecular weight excluding hydrogens is 336 g/mol. The van der Waals surface area contributed by atoms with Crippen LogP contribution in [0.2, 0.25) is 0 Å². The normalized spacial score (nSPS) is 14.1. The van der Waals surface area contributed by atoms with Crippen LogP contribution in [0.4, 0.5) is 0 Å². The first kappa shape index (κ1) is 15.9. The number of rotatable bonds is 3. The number of hydrogen-bond donors (Lipinski definition) is 0. The van der Waals surface area contributed by atoms with E-state index in [1.54, 1.807) is 27.7 Å². The summed E-state index contributed by atoms with van der Waals surface area (Å²) in [6, 6.07) is 8.53. The molecule has 0 fully saturated rings. The molecule has 0 saturated carbocycles. The summed E-state index contributed by atoms with van der Waals surface area (Å²) in [6.45, 7) is 2.09. The molecule has 0 saturated heterocycles. The van der Waals surface area contributed by atoms with Gasteiger partial charge in [0.05, 0.1) is 5.39 Å². The van der Waals surface area contributed by atoms with Crippen molar-refractivity contribution in [2.75, 3.05) is 0 Å². The number of thioether (sulfide) groups is 1. The molecule has 1 aliphatic rings. The molecule has 0 unspecified atom stereocenters. The summed E-state index contributed by atoms with van der Waals surface area (Å²) in [5, 5.41) is 1.68. The Morgan fingerprint density at radius 3 is 2.75 bits per heavy atom. The molecule has 0 radical (unpaired) electrons. The summed E-state index contributed by atoms with van der Waals surface area (Å²) < 4.78 is 1.72. The minimum atomic E-state index is 0.116. The van der Waals surface area contributed by atoms with Gasteiger partial charge in [-0.05, 0) is 43.7 Å². The van der Waals surface area contributed by atoms with Crippen LogP contribution in [-0.4, -0.2) is 9.55 Å². The van der Waals surface area contributed by atoms with Crippen LogP contribution in [0.1, 0.15) is 34.4 Å². The van der Waals surface area contributed by atoms with E-state index < -0.39 is 0 Å². The van der Waals surface area contributed by atoms with Crippen molar-refractivity contribution >= 4 is 33.3 Å². The van der Waals surface area contributed by atoms with Crippen molar-refractivity contribution in [2.24, 2.45) is 7.05 Å². The van der Waals surface area contributed by atoms with Gasteiger partial charge < -0.3 is 0 Å². The van der Waals surface area contributed by atoms with E-state index in [1.807, 2.05) is 7.05 Å². The molecule has 0 atom stereocenters. The van der Waals surface area contributed by atoms with E-state index in [-0.39, 0.29) is 5.56 Å². The zero-order chi connectivity index (χ0) is 16.7. The van der Waals surface area contributed by atoms with Crippen LogP contribution < -0.4 is 5.56 Å². The zero-order valence-electron chi connectivity index (χ0n) is 14.0. The van der Waals surface area contributed by atoms with E-state index in [0.717, 1.165) is 34.0 Å². The summed E-state index contributed by atoms with van der Waals surface area (Å²) >= 11 is 3.36. The van der Waals surface area contributed by atoms with Crippen LogP contribution in [0.15, 0.2) is 34.2 Å². The number of hydrogen-bond acceptors (Lipinski definition) is 4. The van der Waals surface area contributed by atoms with Gasteiger partial charge in [0.25, 0.3) is 5.56 Å². The van der Waals surface area contributed by atoms with Gasteiger partial charge in [0.15, 0.2) is 5.16 Å². The lowest BCUT2D eigenvalue weighted by molar-refractivity contribution is 0.695. The highest BCUT2D eigenvalue weighted by atomic mass is 32.2. The molecule has 4 rings (SSSR count). The Kier molecular flexibility index (Phi) is 4.22. The Morgan fingerprint density at radius 1 is 1.21 bits per heavy atom. The Morgan fingerprint density at radius 2 is 1.96 bits per heavy atom. The van der Waals surface area contributed by atoms with Crippen LogP contribution in [0.5, 0.6) is 0 Å². The second-order valence-electron chi connectivity index (χ2n) is 6.42. The minimum Gasteiger partial charge on any atom is -0.290 e. The van der Waals surface area contributed by atoms with Crippen molar-refractivity contribution in [3.63, 3.8) is 0 Å². The van der Waals surface area contributed by atoms with E-state index in [0.29, 0.717) is 0 Å². The van der Waals surface area contributed by atoms with Gasteiger partial charge in [0.1, 0.15) is 4.83 Å². The highest BCUT2D eigenvalue weighted by Gasteiger charge is 2.21. The maximum absolute atomic E-state index is 12.9. The van der Waals surface area contributed by atoms with Gasteiger partial charge in [-0.25, -0.2) is 4.98 Å². The fraction of sp³-hybridized carbons (Fsp3) is 0.368. The fourth-order valence-corrected chi connectivity index (χ4v) is 5.46. The lowest BCUT2D eigenvalue weighted by atomic mass is 9.97. The molecule has 1 aliphatic carbocycles. The van der Waals surface area contributed by atoms with Gasteiger partial charge in [-0.3, -0.25) is 9.36 Å². The van der Waals surface area contributed by atoms with E-state index in [9.17, 15) is 4.79 Å². The van der Waals surface area contributed by atoms with Gasteiger partial charge >= 0.3 is 0 Å². The molecule has 24 heavy (non-hydrogen) atoms. The quantitative estimate of drug-likeness (QED) is 0.513. The Labute approximate surface area is 149 Å². The van der Waals surface area contributed by atoms with Gasteiger partial charge in [0, 0.05) is 17.7 Å². The smallest absolute Gasteiger partial charge is 0.262 e. The highest BCUT2D eigenvalue weighted by Crippen LogP contribution is 2.34. The highest BCUT2D eigenvalue weighted by molar-refractivity contribution is 7.98. The third-order valence-corrected chi connectivity index (χ3v) is 6.93. The SMILES string of the molecule is Cc1ccc(CSc2nc3sc4c(c3c(=O)n2C)CCCC4)cc1. The minimum absolute atomic E-state index is 0.116. The van der Waals surface area contributed by atoms with E-state index in [2.05, 4.69) is 31.2 Å². The fourth-order valence-electron chi connectivity index (χ4n) is 3.23. The van der Waals surface area contributed by atoms with E-state index in [1.165, 1.54) is 34.4 Å². The molecular formula is C19H20N2OS2. The molecule has 2 heterocycles. The number of aromatic nitrogens is 2. The van der Waals surface area contributed by atoms with Crippen molar-refractivity contribution in [1.82, 2.24) is 9.55 Å². The van der Waals surface area contributed by atoms with Crippen molar-refractivity contribution in [2.45, 2.75) is 43.5 Å². The van der Waals surface area contributed by atoms with Crippen molar-refractivity contribution in [1.29, 1.82) is 0 Å². The molecule has 0 N–H and O–H groups in total. The van der Waals surface area contributed by atoms with Gasteiger partial charge in [-0.1, -0.05) is 41.6 Å². The molecule has 0 amide bonds. The monoisotopic (exact) mass is 356 g/mol. The van der Waals surface area contributed by atoms with Gasteiger partial charge in [-0.2, -0.15) is 0 Å². The summed E-state index contributed by atoms with van der Waals surface area (Å²) in [7, 11) is 1.85.